The average molecular weight is 192 g/mol. The van der Waals surface area contributed by atoms with Gasteiger partial charge in [0.25, 0.3) is 0 Å². The second kappa shape index (κ2) is 3.67. The number of hydrogen-bond acceptors (Lipinski definition) is 4. The van der Waals surface area contributed by atoms with E-state index in [0.717, 1.165) is 11.3 Å². The summed E-state index contributed by atoms with van der Waals surface area (Å²) in [5, 5.41) is 13.1. The number of nitrogens with zero attached hydrogens (tertiary/aromatic N) is 1. The van der Waals surface area contributed by atoms with Gasteiger partial charge in [-0.1, -0.05) is 17.3 Å². The fraction of sp³-hybridized carbons (Fsp3) is 0.300. The zero-order valence-electron chi connectivity index (χ0n) is 7.68. The highest BCUT2D eigenvalue weighted by Gasteiger charge is 2.21. The van der Waals surface area contributed by atoms with Gasteiger partial charge in [0.15, 0.2) is 6.10 Å². The number of benzene rings is 1. The van der Waals surface area contributed by atoms with Gasteiger partial charge in [-0.15, -0.1) is 0 Å². The van der Waals surface area contributed by atoms with Gasteiger partial charge in [0.1, 0.15) is 5.75 Å². The van der Waals surface area contributed by atoms with Crippen LogP contribution in [0.15, 0.2) is 29.4 Å². The first-order valence-electron chi connectivity index (χ1n) is 4.50. The molecule has 1 unspecified atom stereocenters. The molecule has 0 aliphatic carbocycles. The van der Waals surface area contributed by atoms with Crippen LogP contribution < -0.4 is 5.73 Å². The predicted octanol–water partition coefficient (Wildman–Crippen LogP) is 1.17. The molecule has 1 heterocycles. The lowest BCUT2D eigenvalue weighted by Crippen LogP contribution is -2.12. The lowest BCUT2D eigenvalue weighted by Gasteiger charge is -2.07. The van der Waals surface area contributed by atoms with E-state index in [1.807, 2.05) is 6.07 Å². The number of aromatic hydroxyl groups is 1. The molecular weight excluding hydrogens is 180 g/mol. The molecule has 0 fully saturated rings. The van der Waals surface area contributed by atoms with Gasteiger partial charge in [0, 0.05) is 13.0 Å². The Bertz CT molecular complexity index is 363. The van der Waals surface area contributed by atoms with Crippen LogP contribution in [-0.4, -0.2) is 17.4 Å². The van der Waals surface area contributed by atoms with Crippen molar-refractivity contribution >= 4 is 5.71 Å². The van der Waals surface area contributed by atoms with Gasteiger partial charge < -0.3 is 15.7 Å². The van der Waals surface area contributed by atoms with Crippen molar-refractivity contribution in [1.82, 2.24) is 0 Å². The largest absolute Gasteiger partial charge is 0.508 e. The van der Waals surface area contributed by atoms with Crippen LogP contribution in [0.1, 0.15) is 18.1 Å². The lowest BCUT2D eigenvalue weighted by atomic mass is 10.0. The quantitative estimate of drug-likeness (QED) is 0.739. The minimum atomic E-state index is -0.0966. The zero-order valence-corrected chi connectivity index (χ0v) is 7.68. The van der Waals surface area contributed by atoms with Gasteiger partial charge >= 0.3 is 0 Å². The van der Waals surface area contributed by atoms with Gasteiger partial charge in [-0.3, -0.25) is 0 Å². The second-order valence-electron chi connectivity index (χ2n) is 3.25. The first-order valence-corrected chi connectivity index (χ1v) is 4.50. The molecule has 3 N–H and O–H groups in total. The Morgan fingerprint density at radius 3 is 3.07 bits per heavy atom. The molecule has 4 heteroatoms. The summed E-state index contributed by atoms with van der Waals surface area (Å²) < 4.78 is 0. The topological polar surface area (TPSA) is 67.8 Å². The third kappa shape index (κ3) is 1.70. The molecule has 74 valence electrons. The van der Waals surface area contributed by atoms with Crippen molar-refractivity contribution in [3.63, 3.8) is 0 Å². The third-order valence-electron chi connectivity index (χ3n) is 2.21. The van der Waals surface area contributed by atoms with Crippen LogP contribution in [-0.2, 0) is 4.84 Å². The SMILES string of the molecule is NCC1=NOC(c2cccc(O)c2)C1. The summed E-state index contributed by atoms with van der Waals surface area (Å²) in [6.07, 6.45) is 0.612. The van der Waals surface area contributed by atoms with Gasteiger partial charge in [0.05, 0.1) is 5.71 Å². The standard InChI is InChI=1S/C10H12N2O2/c11-6-8-5-10(14-12-8)7-2-1-3-9(13)4-7/h1-4,10,13H,5-6,11H2. The van der Waals surface area contributed by atoms with E-state index in [1.165, 1.54) is 0 Å². The monoisotopic (exact) mass is 192 g/mol. The van der Waals surface area contributed by atoms with Crippen molar-refractivity contribution < 1.29 is 9.94 Å². The van der Waals surface area contributed by atoms with Crippen LogP contribution >= 0.6 is 0 Å². The smallest absolute Gasteiger partial charge is 0.158 e. The normalized spacial score (nSPS) is 20.4. The molecule has 4 nitrogen and oxygen atoms in total. The maximum absolute atomic E-state index is 9.28. The fourth-order valence-corrected chi connectivity index (χ4v) is 1.45. The second-order valence-corrected chi connectivity index (χ2v) is 3.25. The Balaban J connectivity index is 2.12. The fourth-order valence-electron chi connectivity index (χ4n) is 1.45. The van der Waals surface area contributed by atoms with Gasteiger partial charge in [-0.2, -0.15) is 0 Å². The Hall–Kier alpha value is -1.55. The van der Waals surface area contributed by atoms with Crippen molar-refractivity contribution in [3.05, 3.63) is 29.8 Å². The van der Waals surface area contributed by atoms with E-state index in [9.17, 15) is 5.11 Å². The maximum atomic E-state index is 9.28. The van der Waals surface area contributed by atoms with Crippen LogP contribution in [0.4, 0.5) is 0 Å². The van der Waals surface area contributed by atoms with Gasteiger partial charge in [-0.05, 0) is 17.7 Å². The summed E-state index contributed by atoms with van der Waals surface area (Å²) >= 11 is 0. The molecule has 1 aliphatic rings. The minimum Gasteiger partial charge on any atom is -0.508 e. The number of rotatable bonds is 2. The first-order chi connectivity index (χ1) is 6.79. The van der Waals surface area contributed by atoms with E-state index < -0.39 is 0 Å². The molecule has 0 bridgehead atoms. The summed E-state index contributed by atoms with van der Waals surface area (Å²) in [5.41, 5.74) is 7.23. The molecule has 0 amide bonds. The average Bonchev–Trinajstić information content (AvgIpc) is 2.66. The molecular formula is C10H12N2O2. The molecule has 14 heavy (non-hydrogen) atoms. The number of phenols is 1. The van der Waals surface area contributed by atoms with Crippen LogP contribution in [0.3, 0.4) is 0 Å². The predicted molar refractivity (Wildman–Crippen MR) is 53.0 cm³/mol. The third-order valence-corrected chi connectivity index (χ3v) is 2.21. The Morgan fingerprint density at radius 1 is 1.57 bits per heavy atom. The minimum absolute atomic E-state index is 0.0966. The summed E-state index contributed by atoms with van der Waals surface area (Å²) in [5.74, 6) is 0.243. The van der Waals surface area contributed by atoms with Gasteiger partial charge in [-0.25, -0.2) is 0 Å². The van der Waals surface area contributed by atoms with E-state index in [0.29, 0.717) is 13.0 Å². The highest BCUT2D eigenvalue weighted by atomic mass is 16.6. The number of phenolic OH excluding ortho intramolecular Hbond substituents is 1. The molecule has 0 radical (unpaired) electrons. The number of hydrogen-bond donors (Lipinski definition) is 2. The van der Waals surface area contributed by atoms with Crippen molar-refractivity contribution in [2.24, 2.45) is 10.9 Å². The van der Waals surface area contributed by atoms with E-state index in [4.69, 9.17) is 10.6 Å². The van der Waals surface area contributed by atoms with E-state index in [1.54, 1.807) is 18.2 Å². The molecule has 0 saturated heterocycles. The molecule has 1 aliphatic heterocycles. The maximum Gasteiger partial charge on any atom is 0.158 e. The highest BCUT2D eigenvalue weighted by molar-refractivity contribution is 5.87. The van der Waals surface area contributed by atoms with Crippen molar-refractivity contribution in [1.29, 1.82) is 0 Å². The summed E-state index contributed by atoms with van der Waals surface area (Å²) in [6.45, 7) is 0.426. The van der Waals surface area contributed by atoms with Crippen molar-refractivity contribution in [2.75, 3.05) is 6.54 Å². The molecule has 1 aromatic carbocycles. The van der Waals surface area contributed by atoms with E-state index in [2.05, 4.69) is 5.16 Å². The first kappa shape index (κ1) is 9.02. The van der Waals surface area contributed by atoms with Crippen molar-refractivity contribution in [2.45, 2.75) is 12.5 Å². The molecule has 0 aromatic heterocycles. The van der Waals surface area contributed by atoms with E-state index in [-0.39, 0.29) is 11.9 Å². The van der Waals surface area contributed by atoms with Gasteiger partial charge in [0.2, 0.25) is 0 Å². The Kier molecular flexibility index (Phi) is 2.37. The van der Waals surface area contributed by atoms with Crippen LogP contribution in [0.25, 0.3) is 0 Å². The highest BCUT2D eigenvalue weighted by Crippen LogP contribution is 2.28. The summed E-state index contributed by atoms with van der Waals surface area (Å²) in [4.78, 5) is 5.19. The molecule has 1 atom stereocenters. The number of oxime groups is 1. The lowest BCUT2D eigenvalue weighted by molar-refractivity contribution is 0.0855. The zero-order chi connectivity index (χ0) is 9.97. The molecule has 0 spiro atoms. The Labute approximate surface area is 82.0 Å². The molecule has 1 aromatic rings. The van der Waals surface area contributed by atoms with Crippen LogP contribution in [0.2, 0.25) is 0 Å². The number of nitrogens with two attached hydrogens (primary N) is 1. The van der Waals surface area contributed by atoms with Crippen LogP contribution in [0.5, 0.6) is 5.75 Å². The molecule has 0 saturated carbocycles. The summed E-state index contributed by atoms with van der Waals surface area (Å²) in [6, 6.07) is 7.00. The van der Waals surface area contributed by atoms with Crippen molar-refractivity contribution in [3.8, 4) is 5.75 Å². The summed E-state index contributed by atoms with van der Waals surface area (Å²) in [7, 11) is 0. The Morgan fingerprint density at radius 2 is 2.43 bits per heavy atom. The van der Waals surface area contributed by atoms with Crippen LogP contribution in [0, 0.1) is 0 Å². The van der Waals surface area contributed by atoms with E-state index >= 15 is 0 Å². The molecule has 2 rings (SSSR count).